The number of rotatable bonds is 6. The molecule has 0 unspecified atom stereocenters. The average molecular weight is 279 g/mol. The minimum absolute atomic E-state index is 0.303. The maximum absolute atomic E-state index is 6.10. The monoisotopic (exact) mass is 279 g/mol. The van der Waals surface area contributed by atoms with Crippen LogP contribution in [0, 0.1) is 0 Å². The van der Waals surface area contributed by atoms with Crippen molar-refractivity contribution in [2.45, 2.75) is 31.5 Å². The molecule has 0 amide bonds. The molecular formula is C16H25NO3. The maximum atomic E-state index is 6.10. The highest BCUT2D eigenvalue weighted by Crippen LogP contribution is 2.27. The summed E-state index contributed by atoms with van der Waals surface area (Å²) in [4.78, 5) is 2.18. The van der Waals surface area contributed by atoms with Gasteiger partial charge >= 0.3 is 0 Å². The molecule has 0 spiro atoms. The molecule has 0 radical (unpaired) electrons. The third-order valence-electron chi connectivity index (χ3n) is 3.64. The van der Waals surface area contributed by atoms with Crippen molar-refractivity contribution in [2.75, 3.05) is 34.9 Å². The van der Waals surface area contributed by atoms with Gasteiger partial charge in [-0.25, -0.2) is 0 Å². The Balaban J connectivity index is 1.97. The summed E-state index contributed by atoms with van der Waals surface area (Å²) in [5.41, 5.74) is 1.21. The first kappa shape index (κ1) is 15.1. The Morgan fingerprint density at radius 2 is 1.65 bits per heavy atom. The Morgan fingerprint density at radius 1 is 1.05 bits per heavy atom. The molecule has 2 rings (SSSR count). The average Bonchev–Trinajstić information content (AvgIpc) is 2.84. The molecule has 2 atom stereocenters. The summed E-state index contributed by atoms with van der Waals surface area (Å²) >= 11 is 0. The minimum atomic E-state index is 0.303. The van der Waals surface area contributed by atoms with E-state index in [4.69, 9.17) is 14.2 Å². The summed E-state index contributed by atoms with van der Waals surface area (Å²) in [6, 6.07) is 6.02. The van der Waals surface area contributed by atoms with E-state index in [1.165, 1.54) is 5.56 Å². The fourth-order valence-corrected chi connectivity index (χ4v) is 2.72. The summed E-state index contributed by atoms with van der Waals surface area (Å²) in [5, 5.41) is 0. The Hall–Kier alpha value is -1.26. The van der Waals surface area contributed by atoms with Crippen LogP contribution in [0.25, 0.3) is 0 Å². The highest BCUT2D eigenvalue weighted by molar-refractivity contribution is 5.38. The first-order valence-corrected chi connectivity index (χ1v) is 7.13. The lowest BCUT2D eigenvalue weighted by Gasteiger charge is -2.18. The van der Waals surface area contributed by atoms with Gasteiger partial charge in [-0.05, 0) is 51.1 Å². The Labute approximate surface area is 121 Å². The molecule has 0 aromatic heterocycles. The van der Waals surface area contributed by atoms with Gasteiger partial charge in [-0.3, -0.25) is 0 Å². The van der Waals surface area contributed by atoms with Crippen LogP contribution in [0.5, 0.6) is 11.5 Å². The fourth-order valence-electron chi connectivity index (χ4n) is 2.72. The van der Waals surface area contributed by atoms with Gasteiger partial charge in [-0.15, -0.1) is 0 Å². The number of hydrogen-bond donors (Lipinski definition) is 0. The fraction of sp³-hybridized carbons (Fsp3) is 0.625. The van der Waals surface area contributed by atoms with Crippen LogP contribution in [-0.4, -0.2) is 52.0 Å². The maximum Gasteiger partial charge on any atom is 0.122 e. The van der Waals surface area contributed by atoms with Gasteiger partial charge < -0.3 is 19.1 Å². The van der Waals surface area contributed by atoms with Crippen molar-refractivity contribution < 1.29 is 14.2 Å². The highest BCUT2D eigenvalue weighted by atomic mass is 16.5. The second-order valence-electron chi connectivity index (χ2n) is 5.64. The van der Waals surface area contributed by atoms with E-state index >= 15 is 0 Å². The van der Waals surface area contributed by atoms with Gasteiger partial charge in [0, 0.05) is 12.6 Å². The van der Waals surface area contributed by atoms with Crippen LogP contribution in [0.1, 0.15) is 18.4 Å². The van der Waals surface area contributed by atoms with Crippen molar-refractivity contribution in [2.24, 2.45) is 0 Å². The number of nitrogens with zero attached hydrogens (tertiary/aromatic N) is 1. The van der Waals surface area contributed by atoms with Gasteiger partial charge in [0.2, 0.25) is 0 Å². The minimum Gasteiger partial charge on any atom is -0.497 e. The Kier molecular flexibility index (Phi) is 5.26. The summed E-state index contributed by atoms with van der Waals surface area (Å²) in [6.07, 6.45) is 3.85. The van der Waals surface area contributed by atoms with E-state index in [0.29, 0.717) is 12.2 Å². The molecule has 1 aliphatic heterocycles. The van der Waals surface area contributed by atoms with Gasteiger partial charge in [0.05, 0.1) is 26.4 Å². The molecule has 1 aromatic carbocycles. The van der Waals surface area contributed by atoms with Gasteiger partial charge in [0.15, 0.2) is 0 Å². The molecule has 20 heavy (non-hydrogen) atoms. The zero-order valence-corrected chi connectivity index (χ0v) is 12.9. The Bertz CT molecular complexity index is 411. The standard InChI is InChI=1S/C16H25NO3/c1-17(2)11-14-6-5-13(20-14)7-12-8-15(18-3)10-16(9-12)19-4/h8-10,13-14H,5-7,11H2,1-4H3/t13-,14+/m0/s1. The molecule has 1 saturated heterocycles. The summed E-state index contributed by atoms with van der Waals surface area (Å²) in [6.45, 7) is 0.998. The van der Waals surface area contributed by atoms with Crippen LogP contribution >= 0.6 is 0 Å². The van der Waals surface area contributed by atoms with Crippen molar-refractivity contribution in [3.05, 3.63) is 23.8 Å². The smallest absolute Gasteiger partial charge is 0.122 e. The van der Waals surface area contributed by atoms with Crippen LogP contribution in [0.3, 0.4) is 0 Å². The van der Waals surface area contributed by atoms with E-state index < -0.39 is 0 Å². The van der Waals surface area contributed by atoms with Crippen molar-refractivity contribution in [3.8, 4) is 11.5 Å². The highest BCUT2D eigenvalue weighted by Gasteiger charge is 2.25. The molecule has 0 aliphatic carbocycles. The van der Waals surface area contributed by atoms with Gasteiger partial charge in [0.25, 0.3) is 0 Å². The van der Waals surface area contributed by atoms with E-state index in [1.807, 2.05) is 6.07 Å². The van der Waals surface area contributed by atoms with Crippen molar-refractivity contribution in [1.82, 2.24) is 4.90 Å². The van der Waals surface area contributed by atoms with E-state index in [-0.39, 0.29) is 0 Å². The summed E-state index contributed by atoms with van der Waals surface area (Å²) in [5.74, 6) is 1.67. The molecule has 0 bridgehead atoms. The van der Waals surface area contributed by atoms with Gasteiger partial charge in [-0.1, -0.05) is 0 Å². The van der Waals surface area contributed by atoms with Crippen LogP contribution in [0.15, 0.2) is 18.2 Å². The second-order valence-corrected chi connectivity index (χ2v) is 5.64. The van der Waals surface area contributed by atoms with E-state index in [2.05, 4.69) is 31.1 Å². The van der Waals surface area contributed by atoms with Crippen molar-refractivity contribution in [1.29, 1.82) is 0 Å². The molecule has 1 aliphatic rings. The molecule has 0 N–H and O–H groups in total. The lowest BCUT2D eigenvalue weighted by atomic mass is 10.0. The SMILES string of the molecule is COc1cc(C[C@@H]2CC[C@H](CN(C)C)O2)cc(OC)c1. The molecule has 112 valence electrons. The van der Waals surface area contributed by atoms with E-state index in [9.17, 15) is 0 Å². The Morgan fingerprint density at radius 3 is 2.20 bits per heavy atom. The first-order chi connectivity index (χ1) is 9.60. The first-order valence-electron chi connectivity index (χ1n) is 7.13. The molecule has 1 aromatic rings. The van der Waals surface area contributed by atoms with Gasteiger partial charge in [-0.2, -0.15) is 0 Å². The largest absolute Gasteiger partial charge is 0.497 e. The molecule has 4 heteroatoms. The zero-order chi connectivity index (χ0) is 14.5. The van der Waals surface area contributed by atoms with E-state index in [0.717, 1.165) is 37.3 Å². The summed E-state index contributed by atoms with van der Waals surface area (Å²) in [7, 11) is 7.53. The predicted molar refractivity (Wildman–Crippen MR) is 79.7 cm³/mol. The quantitative estimate of drug-likeness (QED) is 0.800. The normalized spacial score (nSPS) is 22.2. The third-order valence-corrected chi connectivity index (χ3v) is 3.64. The van der Waals surface area contributed by atoms with Crippen LogP contribution in [-0.2, 0) is 11.2 Å². The summed E-state index contributed by atoms with van der Waals surface area (Å²) < 4.78 is 16.7. The van der Waals surface area contributed by atoms with Crippen LogP contribution in [0.4, 0.5) is 0 Å². The van der Waals surface area contributed by atoms with E-state index in [1.54, 1.807) is 14.2 Å². The molecule has 1 fully saturated rings. The van der Waals surface area contributed by atoms with Crippen molar-refractivity contribution >= 4 is 0 Å². The number of methoxy groups -OCH3 is 2. The second kappa shape index (κ2) is 6.95. The third kappa shape index (κ3) is 4.12. The molecular weight excluding hydrogens is 254 g/mol. The van der Waals surface area contributed by atoms with Crippen molar-refractivity contribution in [3.63, 3.8) is 0 Å². The molecule has 0 saturated carbocycles. The molecule has 1 heterocycles. The lowest BCUT2D eigenvalue weighted by Crippen LogP contribution is -2.26. The molecule has 4 nitrogen and oxygen atoms in total. The lowest BCUT2D eigenvalue weighted by molar-refractivity contribution is 0.0317. The topological polar surface area (TPSA) is 30.9 Å². The van der Waals surface area contributed by atoms with Crippen LogP contribution < -0.4 is 9.47 Å². The number of likely N-dealkylation sites (N-methyl/N-ethyl adjacent to an activating group) is 1. The van der Waals surface area contributed by atoms with Gasteiger partial charge in [0.1, 0.15) is 11.5 Å². The number of ether oxygens (including phenoxy) is 3. The number of benzene rings is 1. The zero-order valence-electron chi connectivity index (χ0n) is 12.9. The number of hydrogen-bond acceptors (Lipinski definition) is 4. The predicted octanol–water partition coefficient (Wildman–Crippen LogP) is 2.36. The van der Waals surface area contributed by atoms with Crippen LogP contribution in [0.2, 0.25) is 0 Å².